The predicted octanol–water partition coefficient (Wildman–Crippen LogP) is 3.26. The van der Waals surface area contributed by atoms with Crippen LogP contribution in [-0.4, -0.2) is 17.1 Å². The Balaban J connectivity index is 2.05. The molecule has 0 unspecified atom stereocenters. The molecule has 1 aliphatic carbocycles. The highest BCUT2D eigenvalue weighted by Gasteiger charge is 2.28. The molecule has 3 nitrogen and oxygen atoms in total. The Bertz CT molecular complexity index is 343. The van der Waals surface area contributed by atoms with Crippen LogP contribution in [0.1, 0.15) is 39.5 Å². The molecule has 0 aliphatic heterocycles. The van der Waals surface area contributed by atoms with E-state index in [1.165, 1.54) is 25.7 Å². The average molecular weight is 219 g/mol. The number of nitrogens with zero attached hydrogens (tertiary/aromatic N) is 1. The Morgan fingerprint density at radius 1 is 1.25 bits per heavy atom. The minimum Gasteiger partial charge on any atom is -0.384 e. The number of aromatic nitrogens is 1. The van der Waals surface area contributed by atoms with E-state index in [2.05, 4.69) is 35.5 Å². The van der Waals surface area contributed by atoms with Crippen molar-refractivity contribution in [3.05, 3.63) is 18.5 Å². The summed E-state index contributed by atoms with van der Waals surface area (Å²) in [5.74, 6) is 0. The molecule has 1 saturated carbocycles. The summed E-state index contributed by atoms with van der Waals surface area (Å²) < 4.78 is 0. The van der Waals surface area contributed by atoms with Crippen molar-refractivity contribution in [2.24, 2.45) is 0 Å². The third-order valence-electron chi connectivity index (χ3n) is 3.27. The molecule has 0 amide bonds. The van der Waals surface area contributed by atoms with Crippen LogP contribution in [0.3, 0.4) is 0 Å². The van der Waals surface area contributed by atoms with Crippen LogP contribution in [0.2, 0.25) is 0 Å². The quantitative estimate of drug-likeness (QED) is 0.816. The number of anilines is 2. The molecule has 1 fully saturated rings. The van der Waals surface area contributed by atoms with Gasteiger partial charge in [0, 0.05) is 12.1 Å². The van der Waals surface area contributed by atoms with Gasteiger partial charge in [0.05, 0.1) is 23.8 Å². The van der Waals surface area contributed by atoms with Crippen LogP contribution in [0, 0.1) is 0 Å². The van der Waals surface area contributed by atoms with Crippen LogP contribution < -0.4 is 10.6 Å². The molecular formula is C13H21N3. The first-order valence-corrected chi connectivity index (χ1v) is 6.19. The molecule has 2 N–H and O–H groups in total. The minimum absolute atomic E-state index is 0.270. The Hall–Kier alpha value is -1.25. The van der Waals surface area contributed by atoms with Gasteiger partial charge in [-0.05, 0) is 32.8 Å². The van der Waals surface area contributed by atoms with Gasteiger partial charge in [0.15, 0.2) is 0 Å². The molecule has 0 spiro atoms. The lowest BCUT2D eigenvalue weighted by Crippen LogP contribution is -2.30. The van der Waals surface area contributed by atoms with E-state index >= 15 is 0 Å². The summed E-state index contributed by atoms with van der Waals surface area (Å²) in [5, 5.41) is 6.90. The normalized spacial score (nSPS) is 18.4. The van der Waals surface area contributed by atoms with Crippen molar-refractivity contribution in [1.82, 2.24) is 4.98 Å². The van der Waals surface area contributed by atoms with Gasteiger partial charge in [0.1, 0.15) is 0 Å². The van der Waals surface area contributed by atoms with E-state index in [1.807, 2.05) is 12.4 Å². The summed E-state index contributed by atoms with van der Waals surface area (Å²) >= 11 is 0. The number of pyridine rings is 1. The Kier molecular flexibility index (Phi) is 3.32. The van der Waals surface area contributed by atoms with Crippen molar-refractivity contribution in [3.8, 4) is 0 Å². The predicted molar refractivity (Wildman–Crippen MR) is 68.9 cm³/mol. The third-order valence-corrected chi connectivity index (χ3v) is 3.27. The molecule has 1 heterocycles. The number of nitrogens with one attached hydrogen (secondary N) is 2. The molecule has 2 rings (SSSR count). The molecule has 1 aliphatic rings. The molecule has 16 heavy (non-hydrogen) atoms. The largest absolute Gasteiger partial charge is 0.384 e. The first kappa shape index (κ1) is 11.2. The first-order chi connectivity index (χ1) is 7.72. The van der Waals surface area contributed by atoms with E-state index in [9.17, 15) is 0 Å². The smallest absolute Gasteiger partial charge is 0.0551 e. The van der Waals surface area contributed by atoms with Crippen LogP contribution in [-0.2, 0) is 0 Å². The Labute approximate surface area is 97.7 Å². The fourth-order valence-corrected chi connectivity index (χ4v) is 2.44. The van der Waals surface area contributed by atoms with Gasteiger partial charge in [0.25, 0.3) is 0 Å². The van der Waals surface area contributed by atoms with Crippen molar-refractivity contribution in [2.45, 2.75) is 45.1 Å². The van der Waals surface area contributed by atoms with Crippen molar-refractivity contribution in [2.75, 3.05) is 17.2 Å². The Morgan fingerprint density at radius 2 is 1.94 bits per heavy atom. The van der Waals surface area contributed by atoms with E-state index in [1.54, 1.807) is 0 Å². The van der Waals surface area contributed by atoms with E-state index in [4.69, 9.17) is 0 Å². The highest BCUT2D eigenvalue weighted by atomic mass is 15.0. The van der Waals surface area contributed by atoms with Crippen LogP contribution in [0.4, 0.5) is 11.4 Å². The zero-order chi connectivity index (χ0) is 11.4. The van der Waals surface area contributed by atoms with Crippen LogP contribution in [0.15, 0.2) is 18.5 Å². The van der Waals surface area contributed by atoms with Gasteiger partial charge < -0.3 is 10.6 Å². The maximum Gasteiger partial charge on any atom is 0.0551 e. The van der Waals surface area contributed by atoms with Crippen molar-refractivity contribution in [3.63, 3.8) is 0 Å². The fraction of sp³-hybridized carbons (Fsp3) is 0.615. The molecule has 88 valence electrons. The molecule has 0 bridgehead atoms. The maximum absolute atomic E-state index is 4.25. The average Bonchev–Trinajstić information content (AvgIpc) is 2.66. The lowest BCUT2D eigenvalue weighted by Gasteiger charge is -2.26. The molecule has 1 aromatic heterocycles. The van der Waals surface area contributed by atoms with Crippen molar-refractivity contribution < 1.29 is 0 Å². The summed E-state index contributed by atoms with van der Waals surface area (Å²) in [5.41, 5.74) is 2.49. The van der Waals surface area contributed by atoms with Crippen molar-refractivity contribution >= 4 is 11.4 Å². The molecule has 0 aromatic carbocycles. The van der Waals surface area contributed by atoms with Gasteiger partial charge in [-0.25, -0.2) is 0 Å². The summed E-state index contributed by atoms with van der Waals surface area (Å²) in [6.45, 7) is 5.33. The number of hydrogen-bond acceptors (Lipinski definition) is 3. The van der Waals surface area contributed by atoms with Gasteiger partial charge in [0.2, 0.25) is 0 Å². The molecule has 0 saturated heterocycles. The van der Waals surface area contributed by atoms with Crippen LogP contribution in [0.5, 0.6) is 0 Å². The molecule has 0 radical (unpaired) electrons. The number of hydrogen-bond donors (Lipinski definition) is 2. The monoisotopic (exact) mass is 219 g/mol. The van der Waals surface area contributed by atoms with Crippen LogP contribution in [0.25, 0.3) is 0 Å². The van der Waals surface area contributed by atoms with Gasteiger partial charge >= 0.3 is 0 Å². The van der Waals surface area contributed by atoms with Gasteiger partial charge in [-0.3, -0.25) is 4.98 Å². The van der Waals surface area contributed by atoms with Gasteiger partial charge in [-0.1, -0.05) is 12.8 Å². The maximum atomic E-state index is 4.25. The summed E-state index contributed by atoms with van der Waals surface area (Å²) in [6, 6.07) is 2.14. The van der Waals surface area contributed by atoms with E-state index in [-0.39, 0.29) is 5.54 Å². The standard InChI is InChI=1S/C13H21N3/c1-3-15-11-8-12(10-14-9-11)16-13(2)6-4-5-7-13/h8-10,15-16H,3-7H2,1-2H3. The summed E-state index contributed by atoms with van der Waals surface area (Å²) in [4.78, 5) is 4.25. The fourth-order valence-electron chi connectivity index (χ4n) is 2.44. The molecular weight excluding hydrogens is 198 g/mol. The van der Waals surface area contributed by atoms with Gasteiger partial charge in [-0.15, -0.1) is 0 Å². The van der Waals surface area contributed by atoms with E-state index in [0.29, 0.717) is 0 Å². The third kappa shape index (κ3) is 2.65. The van der Waals surface area contributed by atoms with Gasteiger partial charge in [-0.2, -0.15) is 0 Å². The number of rotatable bonds is 4. The zero-order valence-electron chi connectivity index (χ0n) is 10.2. The SMILES string of the molecule is CCNc1cncc(NC2(C)CCCC2)c1. The zero-order valence-corrected chi connectivity index (χ0v) is 10.2. The molecule has 0 atom stereocenters. The van der Waals surface area contributed by atoms with E-state index in [0.717, 1.165) is 17.9 Å². The second-order valence-corrected chi connectivity index (χ2v) is 4.89. The topological polar surface area (TPSA) is 37.0 Å². The second-order valence-electron chi connectivity index (χ2n) is 4.89. The van der Waals surface area contributed by atoms with Crippen molar-refractivity contribution in [1.29, 1.82) is 0 Å². The molecule has 3 heteroatoms. The second kappa shape index (κ2) is 4.73. The first-order valence-electron chi connectivity index (χ1n) is 6.19. The summed E-state index contributed by atoms with van der Waals surface area (Å²) in [7, 11) is 0. The minimum atomic E-state index is 0.270. The lowest BCUT2D eigenvalue weighted by atomic mass is 10.0. The lowest BCUT2D eigenvalue weighted by molar-refractivity contribution is 0.533. The highest BCUT2D eigenvalue weighted by molar-refractivity contribution is 5.55. The van der Waals surface area contributed by atoms with Crippen LogP contribution >= 0.6 is 0 Å². The van der Waals surface area contributed by atoms with E-state index < -0.39 is 0 Å². The summed E-state index contributed by atoms with van der Waals surface area (Å²) in [6.07, 6.45) is 8.97. The molecule has 1 aromatic rings. The Morgan fingerprint density at radius 3 is 2.62 bits per heavy atom. The highest BCUT2D eigenvalue weighted by Crippen LogP contribution is 2.32.